The standard InChI is InChI=1S/C5H4Cl2OS/c6-4-2-1-3(9-4)5(7)8/h1,4H,2H2. The lowest BCUT2D eigenvalue weighted by molar-refractivity contribution is -0.107. The lowest BCUT2D eigenvalue weighted by Crippen LogP contribution is -1.85. The molecule has 1 rings (SSSR count). The molecule has 1 heterocycles. The van der Waals surface area contributed by atoms with Gasteiger partial charge in [0, 0.05) is 0 Å². The second kappa shape index (κ2) is 2.95. The highest BCUT2D eigenvalue weighted by Crippen LogP contribution is 2.35. The van der Waals surface area contributed by atoms with Crippen LogP contribution >= 0.6 is 35.0 Å². The fourth-order valence-corrected chi connectivity index (χ4v) is 1.90. The van der Waals surface area contributed by atoms with Crippen molar-refractivity contribution < 1.29 is 4.79 Å². The first-order valence-electron chi connectivity index (χ1n) is 2.41. The van der Waals surface area contributed by atoms with Gasteiger partial charge in [-0.25, -0.2) is 0 Å². The molecule has 0 aromatic heterocycles. The molecule has 0 fully saturated rings. The predicted octanol–water partition coefficient (Wildman–Crippen LogP) is 2.34. The minimum atomic E-state index is -0.400. The fourth-order valence-electron chi connectivity index (χ4n) is 0.560. The molecule has 1 unspecified atom stereocenters. The summed E-state index contributed by atoms with van der Waals surface area (Å²) >= 11 is 12.1. The van der Waals surface area contributed by atoms with Gasteiger partial charge in [0.15, 0.2) is 0 Å². The van der Waals surface area contributed by atoms with Crippen LogP contribution < -0.4 is 0 Å². The molecule has 0 saturated carbocycles. The third kappa shape index (κ3) is 1.88. The maximum absolute atomic E-state index is 10.4. The summed E-state index contributed by atoms with van der Waals surface area (Å²) in [5, 5.41) is -0.400. The van der Waals surface area contributed by atoms with Crippen molar-refractivity contribution in [3.63, 3.8) is 0 Å². The van der Waals surface area contributed by atoms with E-state index in [9.17, 15) is 4.79 Å². The number of carbonyl (C=O) groups excluding carboxylic acids is 1. The third-order valence-electron chi connectivity index (χ3n) is 0.937. The minimum absolute atomic E-state index is 0.00250. The molecular weight excluding hydrogens is 179 g/mol. The van der Waals surface area contributed by atoms with E-state index in [1.807, 2.05) is 0 Å². The highest BCUT2D eigenvalue weighted by molar-refractivity contribution is 8.06. The molecule has 0 bridgehead atoms. The van der Waals surface area contributed by atoms with Crippen LogP contribution in [0.15, 0.2) is 11.0 Å². The summed E-state index contributed by atoms with van der Waals surface area (Å²) in [6, 6.07) is 0. The summed E-state index contributed by atoms with van der Waals surface area (Å²) in [6.45, 7) is 0. The Hall–Kier alpha value is 0.340. The number of carbonyl (C=O) groups is 1. The topological polar surface area (TPSA) is 17.1 Å². The highest BCUT2D eigenvalue weighted by Gasteiger charge is 2.18. The van der Waals surface area contributed by atoms with Gasteiger partial charge >= 0.3 is 0 Å². The van der Waals surface area contributed by atoms with E-state index >= 15 is 0 Å². The van der Waals surface area contributed by atoms with E-state index in [1.165, 1.54) is 11.8 Å². The van der Waals surface area contributed by atoms with Crippen LogP contribution in [0.1, 0.15) is 6.42 Å². The average molecular weight is 183 g/mol. The molecule has 0 radical (unpaired) electrons. The molecule has 0 spiro atoms. The van der Waals surface area contributed by atoms with E-state index < -0.39 is 5.24 Å². The van der Waals surface area contributed by atoms with Crippen LogP contribution in [0.5, 0.6) is 0 Å². The fraction of sp³-hybridized carbons (Fsp3) is 0.400. The van der Waals surface area contributed by atoms with E-state index in [-0.39, 0.29) is 4.71 Å². The Kier molecular flexibility index (Phi) is 2.44. The first-order chi connectivity index (χ1) is 4.20. The van der Waals surface area contributed by atoms with Gasteiger partial charge < -0.3 is 0 Å². The largest absolute Gasteiger partial charge is 0.275 e. The third-order valence-corrected chi connectivity index (χ3v) is 2.75. The lowest BCUT2D eigenvalue weighted by atomic mass is 10.4. The molecule has 0 saturated heterocycles. The van der Waals surface area contributed by atoms with Crippen molar-refractivity contribution in [2.75, 3.05) is 0 Å². The van der Waals surface area contributed by atoms with E-state index in [0.29, 0.717) is 4.91 Å². The van der Waals surface area contributed by atoms with Gasteiger partial charge in [-0.05, 0) is 18.0 Å². The van der Waals surface area contributed by atoms with Gasteiger partial charge in [-0.15, -0.1) is 23.4 Å². The normalized spacial score (nSPS) is 26.0. The predicted molar refractivity (Wildman–Crippen MR) is 40.8 cm³/mol. The van der Waals surface area contributed by atoms with Gasteiger partial charge in [0.1, 0.15) is 0 Å². The summed E-state index contributed by atoms with van der Waals surface area (Å²) in [6.07, 6.45) is 2.50. The molecule has 9 heavy (non-hydrogen) atoms. The minimum Gasteiger partial charge on any atom is -0.275 e. The second-order valence-corrected chi connectivity index (χ2v) is 3.98. The van der Waals surface area contributed by atoms with E-state index in [4.69, 9.17) is 23.2 Å². The zero-order valence-corrected chi connectivity index (χ0v) is 6.76. The van der Waals surface area contributed by atoms with Crippen molar-refractivity contribution in [2.24, 2.45) is 0 Å². The van der Waals surface area contributed by atoms with E-state index in [1.54, 1.807) is 6.08 Å². The van der Waals surface area contributed by atoms with Crippen molar-refractivity contribution in [3.05, 3.63) is 11.0 Å². The number of thioether (sulfide) groups is 1. The maximum atomic E-state index is 10.4. The van der Waals surface area contributed by atoms with Crippen LogP contribution in [-0.2, 0) is 4.79 Å². The van der Waals surface area contributed by atoms with Crippen molar-refractivity contribution in [2.45, 2.75) is 11.1 Å². The average Bonchev–Trinajstić information content (AvgIpc) is 2.14. The number of allylic oxidation sites excluding steroid dienone is 2. The molecule has 1 aliphatic rings. The number of hydrogen-bond acceptors (Lipinski definition) is 2. The monoisotopic (exact) mass is 182 g/mol. The SMILES string of the molecule is O=C(Cl)C1=CCC(Cl)S1. The molecule has 0 aliphatic carbocycles. The summed E-state index contributed by atoms with van der Waals surface area (Å²) in [5.41, 5.74) is 0. The van der Waals surface area contributed by atoms with Crippen LogP contribution in [0.4, 0.5) is 0 Å². The maximum Gasteiger partial charge on any atom is 0.258 e. The highest BCUT2D eigenvalue weighted by atomic mass is 35.5. The molecule has 0 aromatic rings. The lowest BCUT2D eigenvalue weighted by Gasteiger charge is -1.93. The van der Waals surface area contributed by atoms with Crippen LogP contribution in [-0.4, -0.2) is 9.95 Å². The summed E-state index contributed by atoms with van der Waals surface area (Å²) in [5.74, 6) is 0. The van der Waals surface area contributed by atoms with Crippen LogP contribution in [0, 0.1) is 0 Å². The van der Waals surface area contributed by atoms with Crippen molar-refractivity contribution in [3.8, 4) is 0 Å². The van der Waals surface area contributed by atoms with E-state index in [0.717, 1.165) is 6.42 Å². The second-order valence-electron chi connectivity index (χ2n) is 1.61. The van der Waals surface area contributed by atoms with Crippen molar-refractivity contribution >= 4 is 40.2 Å². The van der Waals surface area contributed by atoms with Crippen LogP contribution in [0.25, 0.3) is 0 Å². The molecule has 1 atom stereocenters. The van der Waals surface area contributed by atoms with Gasteiger partial charge in [-0.1, -0.05) is 6.08 Å². The van der Waals surface area contributed by atoms with Gasteiger partial charge in [0.25, 0.3) is 5.24 Å². The Labute approximate surface area is 67.4 Å². The molecule has 1 nitrogen and oxygen atoms in total. The van der Waals surface area contributed by atoms with Crippen molar-refractivity contribution in [1.82, 2.24) is 0 Å². The quantitative estimate of drug-likeness (QED) is 0.458. The molecule has 0 amide bonds. The molecule has 0 N–H and O–H groups in total. The smallest absolute Gasteiger partial charge is 0.258 e. The Morgan fingerprint density at radius 2 is 2.56 bits per heavy atom. The molecule has 0 aromatic carbocycles. The van der Waals surface area contributed by atoms with E-state index in [2.05, 4.69) is 0 Å². The van der Waals surface area contributed by atoms with Gasteiger partial charge in [-0.3, -0.25) is 4.79 Å². The first kappa shape index (κ1) is 7.45. The number of halogens is 2. The van der Waals surface area contributed by atoms with Gasteiger partial charge in [0.05, 0.1) is 9.61 Å². The molecule has 1 aliphatic heterocycles. The molecule has 4 heteroatoms. The zero-order valence-electron chi connectivity index (χ0n) is 4.43. The Morgan fingerprint density at radius 3 is 2.78 bits per heavy atom. The van der Waals surface area contributed by atoms with Crippen molar-refractivity contribution in [1.29, 1.82) is 0 Å². The van der Waals surface area contributed by atoms with Gasteiger partial charge in [-0.2, -0.15) is 0 Å². The summed E-state index contributed by atoms with van der Waals surface area (Å²) in [4.78, 5) is 11.0. The zero-order chi connectivity index (χ0) is 6.85. The summed E-state index contributed by atoms with van der Waals surface area (Å²) in [7, 11) is 0. The number of rotatable bonds is 1. The molecular formula is C5H4Cl2OS. The van der Waals surface area contributed by atoms with Crippen LogP contribution in [0.3, 0.4) is 0 Å². The van der Waals surface area contributed by atoms with Crippen LogP contribution in [0.2, 0.25) is 0 Å². The first-order valence-corrected chi connectivity index (χ1v) is 4.10. The summed E-state index contributed by atoms with van der Waals surface area (Å²) < 4.78 is 0.00250. The number of alkyl halides is 1. The Bertz CT molecular complexity index is 166. The Morgan fingerprint density at radius 1 is 1.89 bits per heavy atom. The molecule has 50 valence electrons. The Balaban J connectivity index is 2.55. The van der Waals surface area contributed by atoms with Gasteiger partial charge in [0.2, 0.25) is 0 Å². The number of hydrogen-bond donors (Lipinski definition) is 0.